The topological polar surface area (TPSA) is 12.4 Å². The smallest absolute Gasteiger partial charge is 0.0628 e. The third-order valence-electron chi connectivity index (χ3n) is 2.48. The van der Waals surface area contributed by atoms with Crippen molar-refractivity contribution in [3.05, 3.63) is 29.3 Å². The van der Waals surface area contributed by atoms with Crippen molar-refractivity contribution >= 4 is 12.4 Å². The molecule has 0 saturated heterocycles. The maximum atomic E-state index is 4.01. The van der Waals surface area contributed by atoms with Crippen molar-refractivity contribution in [3.63, 3.8) is 0 Å². The fourth-order valence-electron chi connectivity index (χ4n) is 1.42. The monoisotopic (exact) mass is 189 g/mol. The molecule has 0 aliphatic heterocycles. The molecule has 1 heteroatoms. The molecule has 0 amide bonds. The van der Waals surface area contributed by atoms with Crippen LogP contribution in [0.15, 0.2) is 23.2 Å². The molecular formula is C13H19N. The first kappa shape index (κ1) is 11.0. The second-order valence-corrected chi connectivity index (χ2v) is 4.33. The number of rotatable bonds is 3. The summed E-state index contributed by atoms with van der Waals surface area (Å²) in [4.78, 5) is 4.01. The van der Waals surface area contributed by atoms with E-state index in [0.717, 1.165) is 5.69 Å². The van der Waals surface area contributed by atoms with E-state index in [0.29, 0.717) is 11.8 Å². The van der Waals surface area contributed by atoms with E-state index in [2.05, 4.69) is 57.6 Å². The van der Waals surface area contributed by atoms with Gasteiger partial charge in [-0.05, 0) is 41.8 Å². The van der Waals surface area contributed by atoms with Crippen LogP contribution in [0.3, 0.4) is 0 Å². The Morgan fingerprint density at radius 2 is 1.36 bits per heavy atom. The average molecular weight is 189 g/mol. The summed E-state index contributed by atoms with van der Waals surface area (Å²) in [5.41, 5.74) is 3.68. The third kappa shape index (κ3) is 2.44. The number of nitrogens with zero attached hydrogens (tertiary/aromatic N) is 1. The normalized spacial score (nSPS) is 11.0. The fourth-order valence-corrected chi connectivity index (χ4v) is 1.42. The van der Waals surface area contributed by atoms with Crippen LogP contribution in [-0.4, -0.2) is 6.72 Å². The largest absolute Gasteiger partial charge is 0.265 e. The summed E-state index contributed by atoms with van der Waals surface area (Å²) in [5.74, 6) is 1.10. The standard InChI is InChI=1S/C13H19N/c1-9(2)11-6-12(10(3)4)8-13(7-11)14-5/h6-10H,5H2,1-4H3. The second-order valence-electron chi connectivity index (χ2n) is 4.33. The van der Waals surface area contributed by atoms with Crippen LogP contribution in [0, 0.1) is 0 Å². The molecule has 0 aromatic heterocycles. The van der Waals surface area contributed by atoms with Crippen molar-refractivity contribution in [3.8, 4) is 0 Å². The fraction of sp³-hybridized carbons (Fsp3) is 0.462. The molecule has 1 aromatic rings. The molecule has 0 unspecified atom stereocenters. The first-order valence-electron chi connectivity index (χ1n) is 5.16. The first-order valence-corrected chi connectivity index (χ1v) is 5.16. The maximum absolute atomic E-state index is 4.01. The third-order valence-corrected chi connectivity index (χ3v) is 2.48. The van der Waals surface area contributed by atoms with Gasteiger partial charge in [0, 0.05) is 0 Å². The van der Waals surface area contributed by atoms with E-state index in [1.807, 2.05) is 0 Å². The molecule has 0 aliphatic carbocycles. The van der Waals surface area contributed by atoms with Gasteiger partial charge in [-0.1, -0.05) is 33.8 Å². The lowest BCUT2D eigenvalue weighted by Crippen LogP contribution is -1.92. The molecule has 0 N–H and O–H groups in total. The minimum Gasteiger partial charge on any atom is -0.265 e. The van der Waals surface area contributed by atoms with Crippen LogP contribution >= 0.6 is 0 Å². The van der Waals surface area contributed by atoms with Gasteiger partial charge in [0.15, 0.2) is 0 Å². The number of benzene rings is 1. The van der Waals surface area contributed by atoms with E-state index in [4.69, 9.17) is 0 Å². The van der Waals surface area contributed by atoms with Crippen LogP contribution in [-0.2, 0) is 0 Å². The average Bonchev–Trinajstić information content (AvgIpc) is 2.16. The zero-order valence-corrected chi connectivity index (χ0v) is 9.54. The molecular weight excluding hydrogens is 170 g/mol. The lowest BCUT2D eigenvalue weighted by molar-refractivity contribution is 0.834. The van der Waals surface area contributed by atoms with Gasteiger partial charge in [0.05, 0.1) is 5.69 Å². The lowest BCUT2D eigenvalue weighted by Gasteiger charge is -2.12. The summed E-state index contributed by atoms with van der Waals surface area (Å²) in [7, 11) is 0. The predicted molar refractivity (Wildman–Crippen MR) is 63.8 cm³/mol. The Hall–Kier alpha value is -1.11. The Kier molecular flexibility index (Phi) is 3.45. The highest BCUT2D eigenvalue weighted by molar-refractivity contribution is 5.50. The predicted octanol–water partition coefficient (Wildman–Crippen LogP) is 4.27. The van der Waals surface area contributed by atoms with Crippen molar-refractivity contribution < 1.29 is 0 Å². The van der Waals surface area contributed by atoms with Crippen molar-refractivity contribution in [2.45, 2.75) is 39.5 Å². The molecule has 14 heavy (non-hydrogen) atoms. The Morgan fingerprint density at radius 1 is 0.929 bits per heavy atom. The molecule has 0 saturated carbocycles. The summed E-state index contributed by atoms with van der Waals surface area (Å²) in [6, 6.07) is 6.50. The molecule has 0 aliphatic rings. The van der Waals surface area contributed by atoms with E-state index < -0.39 is 0 Å². The number of hydrogen-bond acceptors (Lipinski definition) is 1. The van der Waals surface area contributed by atoms with E-state index >= 15 is 0 Å². The highest BCUT2D eigenvalue weighted by Crippen LogP contribution is 2.26. The van der Waals surface area contributed by atoms with Gasteiger partial charge in [-0.25, -0.2) is 0 Å². The summed E-state index contributed by atoms with van der Waals surface area (Å²) in [5, 5.41) is 0. The Bertz CT molecular complexity index is 298. The van der Waals surface area contributed by atoms with Gasteiger partial charge in [-0.2, -0.15) is 0 Å². The van der Waals surface area contributed by atoms with E-state index in [1.54, 1.807) is 0 Å². The van der Waals surface area contributed by atoms with Gasteiger partial charge in [0.2, 0.25) is 0 Å². The van der Waals surface area contributed by atoms with Crippen molar-refractivity contribution in [1.29, 1.82) is 0 Å². The first-order chi connectivity index (χ1) is 6.54. The molecule has 76 valence electrons. The molecule has 0 radical (unpaired) electrons. The molecule has 0 bridgehead atoms. The van der Waals surface area contributed by atoms with Gasteiger partial charge < -0.3 is 0 Å². The van der Waals surface area contributed by atoms with Crippen LogP contribution in [0.5, 0.6) is 0 Å². The lowest BCUT2D eigenvalue weighted by atomic mass is 9.95. The summed E-state index contributed by atoms with van der Waals surface area (Å²) in [6.45, 7) is 12.4. The number of aliphatic imine (C=N–C) groups is 1. The van der Waals surface area contributed by atoms with Crippen molar-refractivity contribution in [2.75, 3.05) is 0 Å². The zero-order valence-electron chi connectivity index (χ0n) is 9.54. The molecule has 0 fully saturated rings. The van der Waals surface area contributed by atoms with Crippen LogP contribution in [0.25, 0.3) is 0 Å². The van der Waals surface area contributed by atoms with Gasteiger partial charge >= 0.3 is 0 Å². The Balaban J connectivity index is 3.20. The SMILES string of the molecule is C=Nc1cc(C(C)C)cc(C(C)C)c1. The Labute approximate surface area is 86.9 Å². The maximum Gasteiger partial charge on any atom is 0.0628 e. The summed E-state index contributed by atoms with van der Waals surface area (Å²) in [6.07, 6.45) is 0. The van der Waals surface area contributed by atoms with E-state index in [9.17, 15) is 0 Å². The van der Waals surface area contributed by atoms with Crippen molar-refractivity contribution in [2.24, 2.45) is 4.99 Å². The summed E-state index contributed by atoms with van der Waals surface area (Å²) >= 11 is 0. The van der Waals surface area contributed by atoms with Gasteiger partial charge in [-0.3, -0.25) is 4.99 Å². The molecule has 0 heterocycles. The minimum atomic E-state index is 0.550. The molecule has 0 spiro atoms. The van der Waals surface area contributed by atoms with E-state index in [-0.39, 0.29) is 0 Å². The van der Waals surface area contributed by atoms with Crippen LogP contribution in [0.2, 0.25) is 0 Å². The number of hydrogen-bond donors (Lipinski definition) is 0. The zero-order chi connectivity index (χ0) is 10.7. The Morgan fingerprint density at radius 3 is 1.64 bits per heavy atom. The molecule has 1 nitrogen and oxygen atoms in total. The van der Waals surface area contributed by atoms with Crippen LogP contribution in [0.1, 0.15) is 50.7 Å². The van der Waals surface area contributed by atoms with Gasteiger partial charge in [0.1, 0.15) is 0 Å². The highest BCUT2D eigenvalue weighted by atomic mass is 14.7. The quantitative estimate of drug-likeness (QED) is 0.630. The molecule has 1 rings (SSSR count). The van der Waals surface area contributed by atoms with Crippen molar-refractivity contribution in [1.82, 2.24) is 0 Å². The molecule has 0 atom stereocenters. The van der Waals surface area contributed by atoms with E-state index in [1.165, 1.54) is 11.1 Å². The van der Waals surface area contributed by atoms with Crippen LogP contribution in [0.4, 0.5) is 5.69 Å². The highest BCUT2D eigenvalue weighted by Gasteiger charge is 2.05. The second kappa shape index (κ2) is 4.41. The summed E-state index contributed by atoms with van der Waals surface area (Å²) < 4.78 is 0. The van der Waals surface area contributed by atoms with Gasteiger partial charge in [0.25, 0.3) is 0 Å². The van der Waals surface area contributed by atoms with Gasteiger partial charge in [-0.15, -0.1) is 0 Å². The minimum absolute atomic E-state index is 0.550. The van der Waals surface area contributed by atoms with Crippen LogP contribution < -0.4 is 0 Å². The molecule has 1 aromatic carbocycles.